The zero-order valence-corrected chi connectivity index (χ0v) is 18.3. The van der Waals surface area contributed by atoms with Gasteiger partial charge in [0.15, 0.2) is 0 Å². The average Bonchev–Trinajstić information content (AvgIpc) is 2.58. The number of rotatable bonds is 12. The van der Waals surface area contributed by atoms with Crippen LogP contribution in [0.5, 0.6) is 0 Å². The van der Waals surface area contributed by atoms with Gasteiger partial charge in [-0.1, -0.05) is 6.07 Å². The largest absolute Gasteiger partial charge is 0.465 e. The molecule has 0 saturated carbocycles. The van der Waals surface area contributed by atoms with Crippen molar-refractivity contribution in [2.75, 3.05) is 31.7 Å². The lowest BCUT2D eigenvalue weighted by Crippen LogP contribution is -2.43. The zero-order valence-electron chi connectivity index (χ0n) is 17.4. The summed E-state index contributed by atoms with van der Waals surface area (Å²) in [5.74, 6) is 0. The van der Waals surface area contributed by atoms with Crippen LogP contribution in [0.15, 0.2) is 18.2 Å². The van der Waals surface area contributed by atoms with Crippen molar-refractivity contribution in [3.63, 3.8) is 0 Å². The van der Waals surface area contributed by atoms with E-state index in [0.29, 0.717) is 12.1 Å². The smallest absolute Gasteiger partial charge is 0.404 e. The second-order valence-corrected chi connectivity index (χ2v) is 9.36. The third-order valence-corrected chi connectivity index (χ3v) is 7.50. The Labute approximate surface area is 167 Å². The summed E-state index contributed by atoms with van der Waals surface area (Å²) in [4.78, 5) is 11.4. The van der Waals surface area contributed by atoms with E-state index in [9.17, 15) is 14.5 Å². The molecule has 0 aliphatic rings. The van der Waals surface area contributed by atoms with Crippen LogP contribution in [-0.2, 0) is 25.0 Å². The molecular weight excluding hydrogens is 383 g/mol. The summed E-state index contributed by atoms with van der Waals surface area (Å²) in [7, 11) is -3.55. The van der Waals surface area contributed by atoms with Crippen molar-refractivity contribution in [1.82, 2.24) is 5.32 Å². The van der Waals surface area contributed by atoms with Gasteiger partial charge in [0.25, 0.3) is 7.37 Å². The van der Waals surface area contributed by atoms with E-state index in [0.717, 1.165) is 11.1 Å². The minimum atomic E-state index is -3.55. The van der Waals surface area contributed by atoms with Gasteiger partial charge in [-0.2, -0.15) is 0 Å². The Morgan fingerprint density at radius 1 is 1.25 bits per heavy atom. The second-order valence-electron chi connectivity index (χ2n) is 6.57. The summed E-state index contributed by atoms with van der Waals surface area (Å²) in [6, 6.07) is 4.78. The first-order valence-electron chi connectivity index (χ1n) is 9.46. The molecule has 0 fully saturated rings. The molecule has 0 aliphatic heterocycles. The highest BCUT2D eigenvalue weighted by molar-refractivity contribution is 7.60. The number of ether oxygens (including phenoxy) is 2. The molecule has 2 atom stereocenters. The molecule has 8 nitrogen and oxygen atoms in total. The number of nitrogen functional groups attached to an aromatic ring is 1. The lowest BCUT2D eigenvalue weighted by molar-refractivity contribution is -0.168. The molecule has 1 rings (SSSR count). The number of hydrogen-bond donors (Lipinski definition) is 3. The number of nitrogens with two attached hydrogens (primary N) is 1. The maximum Gasteiger partial charge on any atom is 0.404 e. The lowest BCUT2D eigenvalue weighted by atomic mass is 10.0. The maximum atomic E-state index is 13.8. The molecule has 160 valence electrons. The van der Waals surface area contributed by atoms with E-state index >= 15 is 0 Å². The number of aryl methyl sites for hydroxylation is 1. The van der Waals surface area contributed by atoms with Gasteiger partial charge in [0.2, 0.25) is 5.53 Å². The van der Waals surface area contributed by atoms with Crippen LogP contribution < -0.4 is 11.1 Å². The highest BCUT2D eigenvalue weighted by Crippen LogP contribution is 2.60. The Hall–Kier alpha value is -1.60. The zero-order chi connectivity index (χ0) is 21.4. The topological polar surface area (TPSA) is 120 Å². The first kappa shape index (κ1) is 24.4. The van der Waals surface area contributed by atoms with Crippen LogP contribution in [0.25, 0.3) is 0 Å². The summed E-state index contributed by atoms with van der Waals surface area (Å²) >= 11 is 0. The molecule has 1 aromatic rings. The summed E-state index contributed by atoms with van der Waals surface area (Å²) < 4.78 is 30.8. The summed E-state index contributed by atoms with van der Waals surface area (Å²) in [6.07, 6.45) is -0.962. The SMILES string of the molecule is CCOC(C)(OCC)P(=O)(C[C@@H](Cc1cc(N)ccc1C)NC(=O)O)OCC. The number of carbonyl (C=O) groups is 1. The minimum Gasteiger partial charge on any atom is -0.465 e. The van der Waals surface area contributed by atoms with Gasteiger partial charge in [0.05, 0.1) is 12.8 Å². The molecule has 0 bridgehead atoms. The van der Waals surface area contributed by atoms with Gasteiger partial charge < -0.3 is 30.2 Å². The molecule has 0 aromatic heterocycles. The average molecular weight is 416 g/mol. The number of benzene rings is 1. The van der Waals surface area contributed by atoms with E-state index in [1.54, 1.807) is 39.8 Å². The monoisotopic (exact) mass is 416 g/mol. The molecule has 0 heterocycles. The predicted molar refractivity (Wildman–Crippen MR) is 110 cm³/mol. The molecule has 9 heteroatoms. The molecule has 1 aromatic carbocycles. The molecule has 4 N–H and O–H groups in total. The Kier molecular flexibility index (Phi) is 9.44. The minimum absolute atomic E-state index is 0.0715. The van der Waals surface area contributed by atoms with E-state index < -0.39 is 25.0 Å². The van der Waals surface area contributed by atoms with Crippen molar-refractivity contribution < 1.29 is 28.5 Å². The molecule has 0 aliphatic carbocycles. The molecule has 0 saturated heterocycles. The third-order valence-electron chi connectivity index (χ3n) is 4.41. The summed E-state index contributed by atoms with van der Waals surface area (Å²) in [5, 5.41) is 11.8. The van der Waals surface area contributed by atoms with Crippen molar-refractivity contribution in [3.8, 4) is 0 Å². The van der Waals surface area contributed by atoms with Gasteiger partial charge in [0.1, 0.15) is 0 Å². The summed E-state index contributed by atoms with van der Waals surface area (Å²) in [5.41, 5.74) is 6.83. The van der Waals surface area contributed by atoms with Crippen molar-refractivity contribution in [1.29, 1.82) is 0 Å². The van der Waals surface area contributed by atoms with Crippen LogP contribution >= 0.6 is 7.37 Å². The quantitative estimate of drug-likeness (QED) is 0.269. The maximum absolute atomic E-state index is 13.8. The number of hydrogen-bond acceptors (Lipinski definition) is 6. The molecule has 28 heavy (non-hydrogen) atoms. The number of carboxylic acid groups (broad SMARTS) is 1. The van der Waals surface area contributed by atoms with Crippen molar-refractivity contribution >= 4 is 19.1 Å². The van der Waals surface area contributed by atoms with E-state index in [4.69, 9.17) is 19.7 Å². The highest BCUT2D eigenvalue weighted by Gasteiger charge is 2.49. The third kappa shape index (κ3) is 6.48. The Morgan fingerprint density at radius 2 is 1.86 bits per heavy atom. The van der Waals surface area contributed by atoms with Crippen LogP contribution in [0.4, 0.5) is 10.5 Å². The summed E-state index contributed by atoms with van der Waals surface area (Å²) in [6.45, 7) is 9.52. The first-order chi connectivity index (χ1) is 13.1. The molecule has 0 spiro atoms. The van der Waals surface area contributed by atoms with Gasteiger partial charge in [-0.3, -0.25) is 4.57 Å². The molecule has 1 amide bonds. The number of amides is 1. The van der Waals surface area contributed by atoms with Crippen LogP contribution in [0.3, 0.4) is 0 Å². The van der Waals surface area contributed by atoms with Crippen LogP contribution in [0, 0.1) is 6.92 Å². The molecule has 0 radical (unpaired) electrons. The predicted octanol–water partition coefficient (Wildman–Crippen LogP) is 3.82. The fourth-order valence-corrected chi connectivity index (χ4v) is 5.66. The molecule has 1 unspecified atom stereocenters. The lowest BCUT2D eigenvalue weighted by Gasteiger charge is -2.37. The van der Waals surface area contributed by atoms with E-state index in [1.807, 2.05) is 13.0 Å². The van der Waals surface area contributed by atoms with Gasteiger partial charge in [-0.25, -0.2) is 4.79 Å². The number of nitrogens with one attached hydrogen (secondary N) is 1. The Morgan fingerprint density at radius 3 is 2.36 bits per heavy atom. The normalized spacial score (nSPS) is 15.0. The molecular formula is C19H33N2O6P. The fourth-order valence-electron chi connectivity index (χ4n) is 3.12. The van der Waals surface area contributed by atoms with Crippen molar-refractivity contribution in [2.24, 2.45) is 0 Å². The van der Waals surface area contributed by atoms with Gasteiger partial charge in [-0.05, 0) is 64.3 Å². The van der Waals surface area contributed by atoms with E-state index in [-0.39, 0.29) is 26.0 Å². The van der Waals surface area contributed by atoms with Crippen molar-refractivity contribution in [3.05, 3.63) is 29.3 Å². The van der Waals surface area contributed by atoms with E-state index in [1.165, 1.54) is 0 Å². The van der Waals surface area contributed by atoms with Gasteiger partial charge in [-0.15, -0.1) is 0 Å². The van der Waals surface area contributed by atoms with Crippen LogP contribution in [0.2, 0.25) is 0 Å². The van der Waals surface area contributed by atoms with Crippen LogP contribution in [-0.4, -0.2) is 48.8 Å². The standard InChI is InChI=1S/C19H33N2O6P/c1-6-25-19(5,26-7-2)28(24,27-8-3)13-17(21-18(22)23)12-15-11-16(20)10-9-14(15)4/h9-11,17,21H,6-8,12-13,20H2,1-5H3,(H,22,23)/t17-,28?/m1/s1. The van der Waals surface area contributed by atoms with Crippen molar-refractivity contribution in [2.45, 2.75) is 52.6 Å². The first-order valence-corrected chi connectivity index (χ1v) is 11.3. The van der Waals surface area contributed by atoms with Gasteiger partial charge >= 0.3 is 6.09 Å². The highest BCUT2D eigenvalue weighted by atomic mass is 31.2. The van der Waals surface area contributed by atoms with Crippen LogP contribution in [0.1, 0.15) is 38.8 Å². The van der Waals surface area contributed by atoms with Gasteiger partial charge in [0, 0.05) is 24.9 Å². The Bertz CT molecular complexity index is 691. The fraction of sp³-hybridized carbons (Fsp3) is 0.632. The Balaban J connectivity index is 3.25. The second kappa shape index (κ2) is 10.8. The number of anilines is 1. The van der Waals surface area contributed by atoms with E-state index in [2.05, 4.69) is 5.32 Å².